The van der Waals surface area contributed by atoms with Gasteiger partial charge in [-0.15, -0.1) is 0 Å². The van der Waals surface area contributed by atoms with Crippen LogP contribution in [0.5, 0.6) is 0 Å². The van der Waals surface area contributed by atoms with Gasteiger partial charge in [-0.1, -0.05) is 61.4 Å². The Labute approximate surface area is 163 Å². The highest BCUT2D eigenvalue weighted by molar-refractivity contribution is 5.89. The monoisotopic (exact) mass is 377 g/mol. The first kappa shape index (κ1) is 17.3. The molecule has 0 radical (unpaired) electrons. The number of rotatable bonds is 4. The van der Waals surface area contributed by atoms with E-state index >= 15 is 0 Å². The second kappa shape index (κ2) is 6.09. The normalized spacial score (nSPS) is 23.9. The third-order valence-electron chi connectivity index (χ3n) is 6.97. The molecule has 0 saturated heterocycles. The van der Waals surface area contributed by atoms with Crippen molar-refractivity contribution in [3.63, 3.8) is 0 Å². The maximum atomic E-state index is 12.5. The summed E-state index contributed by atoms with van der Waals surface area (Å²) in [6.07, 6.45) is 3.67. The molecule has 0 bridgehead atoms. The molecule has 2 aromatic carbocycles. The standard InChI is InChI=1S/C23H23NO4/c25-20(26)23(14-22(23)11-5-6-12-22)24-21(27)28-13-19-17-9-3-1-7-15(17)16-8-2-4-10-18(16)19/h1-4,7-10,19H,5-6,11-14H2,(H,24,27)(H,25,26)/t23-/m1/s1. The Morgan fingerprint density at radius 1 is 1.00 bits per heavy atom. The minimum atomic E-state index is -1.15. The van der Waals surface area contributed by atoms with Gasteiger partial charge in [0.25, 0.3) is 0 Å². The van der Waals surface area contributed by atoms with Gasteiger partial charge in [0.2, 0.25) is 0 Å². The van der Waals surface area contributed by atoms with Crippen molar-refractivity contribution in [3.8, 4) is 11.1 Å². The van der Waals surface area contributed by atoms with E-state index in [2.05, 4.69) is 29.6 Å². The van der Waals surface area contributed by atoms with Crippen LogP contribution in [-0.4, -0.2) is 29.3 Å². The van der Waals surface area contributed by atoms with Crippen LogP contribution in [0.25, 0.3) is 11.1 Å². The van der Waals surface area contributed by atoms with Gasteiger partial charge in [0.15, 0.2) is 0 Å². The highest BCUT2D eigenvalue weighted by atomic mass is 16.5. The molecular formula is C23H23NO4. The third-order valence-corrected chi connectivity index (χ3v) is 6.97. The van der Waals surface area contributed by atoms with E-state index in [-0.39, 0.29) is 17.9 Å². The summed E-state index contributed by atoms with van der Waals surface area (Å²) >= 11 is 0. The van der Waals surface area contributed by atoms with E-state index in [1.165, 1.54) is 11.1 Å². The molecule has 3 aliphatic carbocycles. The summed E-state index contributed by atoms with van der Waals surface area (Å²) < 4.78 is 5.56. The van der Waals surface area contributed by atoms with Crippen molar-refractivity contribution < 1.29 is 19.4 Å². The van der Waals surface area contributed by atoms with Gasteiger partial charge in [0.1, 0.15) is 12.1 Å². The van der Waals surface area contributed by atoms with Crippen molar-refractivity contribution in [2.75, 3.05) is 6.61 Å². The number of alkyl carbamates (subject to hydrolysis) is 1. The van der Waals surface area contributed by atoms with Crippen molar-refractivity contribution >= 4 is 12.1 Å². The summed E-state index contributed by atoms with van der Waals surface area (Å²) in [6, 6.07) is 16.3. The van der Waals surface area contributed by atoms with Crippen LogP contribution in [0.15, 0.2) is 48.5 Å². The van der Waals surface area contributed by atoms with Gasteiger partial charge in [0, 0.05) is 11.3 Å². The molecule has 144 valence electrons. The highest BCUT2D eigenvalue weighted by Gasteiger charge is 2.73. The minimum Gasteiger partial charge on any atom is -0.479 e. The van der Waals surface area contributed by atoms with Crippen LogP contribution in [0.3, 0.4) is 0 Å². The van der Waals surface area contributed by atoms with Crippen molar-refractivity contribution in [1.29, 1.82) is 0 Å². The molecule has 28 heavy (non-hydrogen) atoms. The highest BCUT2D eigenvalue weighted by Crippen LogP contribution is 2.65. The second-order valence-electron chi connectivity index (χ2n) is 8.33. The summed E-state index contributed by atoms with van der Waals surface area (Å²) in [5, 5.41) is 12.5. The smallest absolute Gasteiger partial charge is 0.408 e. The molecule has 0 heterocycles. The molecule has 2 saturated carbocycles. The SMILES string of the molecule is O=C(N[C@@]1(C(=O)O)CC12CCCC2)OCC1c2ccccc2-c2ccccc21. The van der Waals surface area contributed by atoms with E-state index in [9.17, 15) is 14.7 Å². The number of fused-ring (bicyclic) bond motifs is 3. The molecule has 0 aromatic heterocycles. The first-order chi connectivity index (χ1) is 13.6. The molecule has 1 spiro atoms. The van der Waals surface area contributed by atoms with E-state index in [1.807, 2.05) is 24.3 Å². The van der Waals surface area contributed by atoms with Crippen LogP contribution >= 0.6 is 0 Å². The van der Waals surface area contributed by atoms with Crippen LogP contribution in [0.1, 0.15) is 49.1 Å². The zero-order valence-electron chi connectivity index (χ0n) is 15.6. The number of carbonyl (C=O) groups is 2. The van der Waals surface area contributed by atoms with Gasteiger partial charge in [-0.05, 0) is 41.5 Å². The summed E-state index contributed by atoms with van der Waals surface area (Å²) in [4.78, 5) is 24.4. The van der Waals surface area contributed by atoms with Gasteiger partial charge in [-0.25, -0.2) is 9.59 Å². The molecule has 2 aromatic rings. The lowest BCUT2D eigenvalue weighted by molar-refractivity contribution is -0.141. The predicted molar refractivity (Wildman–Crippen MR) is 104 cm³/mol. The Morgan fingerprint density at radius 2 is 1.57 bits per heavy atom. The van der Waals surface area contributed by atoms with Crippen molar-refractivity contribution in [2.45, 2.75) is 43.6 Å². The molecule has 5 nitrogen and oxygen atoms in total. The van der Waals surface area contributed by atoms with Gasteiger partial charge in [0.05, 0.1) is 0 Å². The number of nitrogens with one attached hydrogen (secondary N) is 1. The molecule has 5 heteroatoms. The number of carbonyl (C=O) groups excluding carboxylic acids is 1. The third kappa shape index (κ3) is 2.38. The molecule has 2 N–H and O–H groups in total. The lowest BCUT2D eigenvalue weighted by atomic mass is 9.97. The summed E-state index contributed by atoms with van der Waals surface area (Å²) in [5.74, 6) is -0.971. The topological polar surface area (TPSA) is 75.6 Å². The van der Waals surface area contributed by atoms with Crippen LogP contribution < -0.4 is 5.32 Å². The molecule has 1 amide bonds. The van der Waals surface area contributed by atoms with E-state index in [4.69, 9.17) is 4.74 Å². The molecule has 0 aliphatic heterocycles. The fourth-order valence-corrected chi connectivity index (χ4v) is 5.46. The second-order valence-corrected chi connectivity index (χ2v) is 8.33. The minimum absolute atomic E-state index is 0.0291. The Bertz CT molecular complexity index is 917. The molecule has 0 unspecified atom stereocenters. The van der Waals surface area contributed by atoms with E-state index in [0.29, 0.717) is 6.42 Å². The maximum absolute atomic E-state index is 12.5. The predicted octanol–water partition coefficient (Wildman–Crippen LogP) is 4.31. The van der Waals surface area contributed by atoms with Crippen molar-refractivity contribution in [2.24, 2.45) is 5.41 Å². The number of benzene rings is 2. The number of aliphatic carboxylic acids is 1. The Kier molecular flexibility index (Phi) is 3.76. The van der Waals surface area contributed by atoms with Gasteiger partial charge in [-0.3, -0.25) is 0 Å². The Balaban J connectivity index is 1.32. The number of hydrogen-bond donors (Lipinski definition) is 2. The summed E-state index contributed by atoms with van der Waals surface area (Å²) in [7, 11) is 0. The molecule has 5 rings (SSSR count). The zero-order valence-corrected chi connectivity index (χ0v) is 15.6. The molecule has 3 aliphatic rings. The van der Waals surface area contributed by atoms with Gasteiger partial charge >= 0.3 is 12.1 Å². The van der Waals surface area contributed by atoms with Crippen molar-refractivity contribution in [3.05, 3.63) is 59.7 Å². The zero-order chi connectivity index (χ0) is 19.4. The summed E-state index contributed by atoms with van der Waals surface area (Å²) in [5.41, 5.74) is 3.20. The number of ether oxygens (including phenoxy) is 1. The number of amides is 1. The van der Waals surface area contributed by atoms with E-state index < -0.39 is 17.6 Å². The fraction of sp³-hybridized carbons (Fsp3) is 0.391. The van der Waals surface area contributed by atoms with Crippen LogP contribution in [0.4, 0.5) is 4.79 Å². The number of hydrogen-bond acceptors (Lipinski definition) is 3. The average Bonchev–Trinajstić information content (AvgIpc) is 2.99. The van der Waals surface area contributed by atoms with Gasteiger partial charge < -0.3 is 15.2 Å². The number of carboxylic acid groups (broad SMARTS) is 1. The quantitative estimate of drug-likeness (QED) is 0.832. The van der Waals surface area contributed by atoms with E-state index in [0.717, 1.165) is 36.8 Å². The average molecular weight is 377 g/mol. The largest absolute Gasteiger partial charge is 0.479 e. The molecule has 1 atom stereocenters. The van der Waals surface area contributed by atoms with Crippen molar-refractivity contribution in [1.82, 2.24) is 5.32 Å². The first-order valence-electron chi connectivity index (χ1n) is 9.93. The lowest BCUT2D eigenvalue weighted by Crippen LogP contribution is -2.47. The van der Waals surface area contributed by atoms with E-state index in [1.54, 1.807) is 0 Å². The van der Waals surface area contributed by atoms with Crippen LogP contribution in [-0.2, 0) is 9.53 Å². The maximum Gasteiger partial charge on any atom is 0.408 e. The van der Waals surface area contributed by atoms with Crippen LogP contribution in [0, 0.1) is 5.41 Å². The van der Waals surface area contributed by atoms with Crippen LogP contribution in [0.2, 0.25) is 0 Å². The Hall–Kier alpha value is -2.82. The summed E-state index contributed by atoms with van der Waals surface area (Å²) in [6.45, 7) is 0.197. The first-order valence-corrected chi connectivity index (χ1v) is 9.93. The van der Waals surface area contributed by atoms with Gasteiger partial charge in [-0.2, -0.15) is 0 Å². The fourth-order valence-electron chi connectivity index (χ4n) is 5.46. The lowest BCUT2D eigenvalue weighted by Gasteiger charge is -2.21. The Morgan fingerprint density at radius 3 is 2.14 bits per heavy atom. The molecule has 2 fully saturated rings. The molecular weight excluding hydrogens is 354 g/mol. The number of carboxylic acids is 1.